The predicted molar refractivity (Wildman–Crippen MR) is 57.1 cm³/mol. The molecule has 0 radical (unpaired) electrons. The van der Waals surface area contributed by atoms with E-state index in [9.17, 15) is 4.79 Å². The quantitative estimate of drug-likeness (QED) is 0.713. The molecule has 0 spiro atoms. The number of carbonyl (C=O) groups excluding carboxylic acids is 1. The molecule has 0 amide bonds. The summed E-state index contributed by atoms with van der Waals surface area (Å²) in [5.74, 6) is 1.09. The van der Waals surface area contributed by atoms with Gasteiger partial charge >= 0.3 is 5.97 Å². The Morgan fingerprint density at radius 1 is 1.29 bits per heavy atom. The molecule has 1 saturated heterocycles. The molecule has 0 N–H and O–H groups in total. The molecular weight excluding hydrogens is 224 g/mol. The molecule has 5 nitrogen and oxygen atoms in total. The van der Waals surface area contributed by atoms with Gasteiger partial charge in [0.25, 0.3) is 0 Å². The van der Waals surface area contributed by atoms with E-state index in [1.807, 2.05) is 12.1 Å². The number of ether oxygens (including phenoxy) is 4. The highest BCUT2D eigenvalue weighted by molar-refractivity contribution is 5.85. The largest absolute Gasteiger partial charge is 0.468 e. The maximum atomic E-state index is 11.8. The maximum Gasteiger partial charge on any atom is 0.321 e. The summed E-state index contributed by atoms with van der Waals surface area (Å²) in [5, 5.41) is 0. The summed E-state index contributed by atoms with van der Waals surface area (Å²) in [7, 11) is 1.38. The highest BCUT2D eigenvalue weighted by Crippen LogP contribution is 2.40. The summed E-state index contributed by atoms with van der Waals surface area (Å²) in [6.45, 7) is 0.916. The fourth-order valence-electron chi connectivity index (χ4n) is 2.10. The second-order valence-electron chi connectivity index (χ2n) is 4.13. The van der Waals surface area contributed by atoms with Crippen LogP contribution in [0.5, 0.6) is 11.5 Å². The fourth-order valence-corrected chi connectivity index (χ4v) is 2.10. The van der Waals surface area contributed by atoms with E-state index >= 15 is 0 Å². The van der Waals surface area contributed by atoms with E-state index in [-0.39, 0.29) is 12.8 Å². The summed E-state index contributed by atoms with van der Waals surface area (Å²) in [6.07, 6.45) is 0. The van der Waals surface area contributed by atoms with Crippen molar-refractivity contribution in [1.82, 2.24) is 0 Å². The van der Waals surface area contributed by atoms with E-state index in [2.05, 4.69) is 0 Å². The Kier molecular flexibility index (Phi) is 2.22. The lowest BCUT2D eigenvalue weighted by Crippen LogP contribution is -2.53. The molecule has 0 atom stereocenters. The van der Waals surface area contributed by atoms with Gasteiger partial charge in [-0.15, -0.1) is 0 Å². The van der Waals surface area contributed by atoms with Crippen molar-refractivity contribution < 1.29 is 23.7 Å². The van der Waals surface area contributed by atoms with Gasteiger partial charge in [0.15, 0.2) is 11.5 Å². The number of benzene rings is 1. The molecule has 0 saturated carbocycles. The van der Waals surface area contributed by atoms with Crippen LogP contribution in [0.1, 0.15) is 5.56 Å². The Hall–Kier alpha value is -1.75. The van der Waals surface area contributed by atoms with E-state index < -0.39 is 5.41 Å². The Morgan fingerprint density at radius 3 is 2.71 bits per heavy atom. The van der Waals surface area contributed by atoms with Gasteiger partial charge in [0.1, 0.15) is 5.41 Å². The molecule has 0 unspecified atom stereocenters. The van der Waals surface area contributed by atoms with Crippen molar-refractivity contribution in [3.63, 3.8) is 0 Å². The van der Waals surface area contributed by atoms with Gasteiger partial charge in [-0.25, -0.2) is 0 Å². The first-order chi connectivity index (χ1) is 8.26. The molecule has 1 fully saturated rings. The second kappa shape index (κ2) is 3.63. The normalized spacial score (nSPS) is 19.6. The highest BCUT2D eigenvalue weighted by Gasteiger charge is 2.49. The van der Waals surface area contributed by atoms with Crippen LogP contribution in [-0.2, 0) is 19.7 Å². The number of rotatable bonds is 2. The lowest BCUT2D eigenvalue weighted by atomic mass is 9.78. The van der Waals surface area contributed by atoms with Crippen molar-refractivity contribution >= 4 is 5.97 Å². The van der Waals surface area contributed by atoms with Gasteiger partial charge in [0, 0.05) is 0 Å². The summed E-state index contributed by atoms with van der Waals surface area (Å²) < 4.78 is 20.5. The van der Waals surface area contributed by atoms with Crippen LogP contribution >= 0.6 is 0 Å². The van der Waals surface area contributed by atoms with Gasteiger partial charge in [0.2, 0.25) is 6.79 Å². The maximum absolute atomic E-state index is 11.8. The number of esters is 1. The smallest absolute Gasteiger partial charge is 0.321 e. The molecular formula is C12H12O5. The van der Waals surface area contributed by atoms with E-state index in [0.717, 1.165) is 5.56 Å². The average molecular weight is 236 g/mol. The SMILES string of the molecule is COC(=O)C1(c2ccc3c(c2)OCO3)COC1. The van der Waals surface area contributed by atoms with Crippen molar-refractivity contribution in [2.75, 3.05) is 27.1 Å². The first-order valence-corrected chi connectivity index (χ1v) is 5.32. The standard InChI is InChI=1S/C12H12O5/c1-14-11(13)12(5-15-6-12)8-2-3-9-10(4-8)17-7-16-9/h2-4H,5-7H2,1H3. The Labute approximate surface area is 98.2 Å². The number of carbonyl (C=O) groups is 1. The second-order valence-corrected chi connectivity index (χ2v) is 4.13. The zero-order chi connectivity index (χ0) is 11.9. The first kappa shape index (κ1) is 10.4. The van der Waals surface area contributed by atoms with Crippen LogP contribution < -0.4 is 9.47 Å². The third kappa shape index (κ3) is 1.39. The highest BCUT2D eigenvalue weighted by atomic mass is 16.7. The van der Waals surface area contributed by atoms with Crippen molar-refractivity contribution in [3.05, 3.63) is 23.8 Å². The van der Waals surface area contributed by atoms with Crippen molar-refractivity contribution in [1.29, 1.82) is 0 Å². The molecule has 5 heteroatoms. The monoisotopic (exact) mass is 236 g/mol. The Morgan fingerprint density at radius 2 is 2.06 bits per heavy atom. The summed E-state index contributed by atoms with van der Waals surface area (Å²) in [5.41, 5.74) is 0.162. The number of fused-ring (bicyclic) bond motifs is 1. The van der Waals surface area contributed by atoms with E-state index in [1.165, 1.54) is 7.11 Å². The minimum absolute atomic E-state index is 0.223. The van der Waals surface area contributed by atoms with Crippen LogP contribution in [0, 0.1) is 0 Å². The lowest BCUT2D eigenvalue weighted by molar-refractivity contribution is -0.166. The van der Waals surface area contributed by atoms with Crippen molar-refractivity contribution in [2.45, 2.75) is 5.41 Å². The molecule has 2 aliphatic heterocycles. The minimum atomic E-state index is -0.685. The van der Waals surface area contributed by atoms with E-state index in [4.69, 9.17) is 18.9 Å². The third-order valence-corrected chi connectivity index (χ3v) is 3.20. The van der Waals surface area contributed by atoms with Crippen LogP contribution in [0.25, 0.3) is 0 Å². The predicted octanol–water partition coefficient (Wildman–Crippen LogP) is 0.856. The Balaban J connectivity index is 2.00. The van der Waals surface area contributed by atoms with Crippen LogP contribution in [0.2, 0.25) is 0 Å². The fraction of sp³-hybridized carbons (Fsp3) is 0.417. The third-order valence-electron chi connectivity index (χ3n) is 3.20. The molecule has 0 aromatic heterocycles. The topological polar surface area (TPSA) is 54.0 Å². The van der Waals surface area contributed by atoms with Gasteiger partial charge < -0.3 is 18.9 Å². The van der Waals surface area contributed by atoms with Crippen LogP contribution in [0.15, 0.2) is 18.2 Å². The van der Waals surface area contributed by atoms with Gasteiger partial charge in [-0.2, -0.15) is 0 Å². The molecule has 0 aliphatic carbocycles. The van der Waals surface area contributed by atoms with Gasteiger partial charge in [-0.05, 0) is 17.7 Å². The molecule has 0 bridgehead atoms. The van der Waals surface area contributed by atoms with E-state index in [1.54, 1.807) is 6.07 Å². The van der Waals surface area contributed by atoms with Gasteiger partial charge in [-0.1, -0.05) is 6.07 Å². The van der Waals surface area contributed by atoms with Crippen molar-refractivity contribution in [2.24, 2.45) is 0 Å². The zero-order valence-corrected chi connectivity index (χ0v) is 9.39. The molecule has 90 valence electrons. The summed E-state index contributed by atoms with van der Waals surface area (Å²) in [6, 6.07) is 5.48. The van der Waals surface area contributed by atoms with Crippen LogP contribution in [0.3, 0.4) is 0 Å². The number of methoxy groups -OCH3 is 1. The van der Waals surface area contributed by atoms with E-state index in [0.29, 0.717) is 24.7 Å². The van der Waals surface area contributed by atoms with Crippen LogP contribution in [0.4, 0.5) is 0 Å². The van der Waals surface area contributed by atoms with Crippen LogP contribution in [-0.4, -0.2) is 33.1 Å². The number of hydrogen-bond acceptors (Lipinski definition) is 5. The molecule has 1 aromatic rings. The first-order valence-electron chi connectivity index (χ1n) is 5.32. The number of hydrogen-bond donors (Lipinski definition) is 0. The molecule has 3 rings (SSSR count). The summed E-state index contributed by atoms with van der Waals surface area (Å²) in [4.78, 5) is 11.8. The molecule has 1 aromatic carbocycles. The average Bonchev–Trinajstić information content (AvgIpc) is 2.74. The summed E-state index contributed by atoms with van der Waals surface area (Å²) >= 11 is 0. The van der Waals surface area contributed by atoms with Crippen molar-refractivity contribution in [3.8, 4) is 11.5 Å². The molecule has 2 aliphatic rings. The lowest BCUT2D eigenvalue weighted by Gasteiger charge is -2.38. The minimum Gasteiger partial charge on any atom is -0.468 e. The van der Waals surface area contributed by atoms with Gasteiger partial charge in [-0.3, -0.25) is 4.79 Å². The molecule has 2 heterocycles. The Bertz CT molecular complexity index is 464. The van der Waals surface area contributed by atoms with Gasteiger partial charge in [0.05, 0.1) is 20.3 Å². The molecule has 17 heavy (non-hydrogen) atoms. The zero-order valence-electron chi connectivity index (χ0n) is 9.39.